The van der Waals surface area contributed by atoms with E-state index in [0.29, 0.717) is 33.3 Å². The summed E-state index contributed by atoms with van der Waals surface area (Å²) in [5.74, 6) is 0.961. The van der Waals surface area contributed by atoms with Crippen LogP contribution in [0.25, 0.3) is 16.8 Å². The summed E-state index contributed by atoms with van der Waals surface area (Å²) in [5.41, 5.74) is 3.11. The average Bonchev–Trinajstić information content (AvgIpc) is 3.37. The molecule has 0 bridgehead atoms. The van der Waals surface area contributed by atoms with Crippen molar-refractivity contribution in [1.29, 1.82) is 5.26 Å². The van der Waals surface area contributed by atoms with Gasteiger partial charge in [-0.15, -0.1) is 11.3 Å². The zero-order valence-electron chi connectivity index (χ0n) is 15.2. The fraction of sp³-hybridized carbons (Fsp3) is 0.0952. The van der Waals surface area contributed by atoms with Gasteiger partial charge in [0.25, 0.3) is 0 Å². The molecular formula is C21H14BrN3O3S. The van der Waals surface area contributed by atoms with Crippen LogP contribution >= 0.6 is 27.3 Å². The quantitative estimate of drug-likeness (QED) is 0.394. The molecule has 29 heavy (non-hydrogen) atoms. The second-order valence-electron chi connectivity index (χ2n) is 6.17. The molecule has 1 aliphatic rings. The van der Waals surface area contributed by atoms with Crippen molar-refractivity contribution in [1.82, 2.24) is 4.98 Å². The van der Waals surface area contributed by atoms with Crippen molar-refractivity contribution < 1.29 is 14.3 Å². The van der Waals surface area contributed by atoms with Crippen LogP contribution in [0.4, 0.5) is 5.69 Å². The molecule has 2 heterocycles. The first kappa shape index (κ1) is 19.2. The van der Waals surface area contributed by atoms with E-state index in [4.69, 9.17) is 9.47 Å². The average molecular weight is 468 g/mol. The Morgan fingerprint density at radius 1 is 1.31 bits per heavy atom. The molecule has 2 aromatic carbocycles. The zero-order chi connectivity index (χ0) is 20.4. The molecule has 0 saturated heterocycles. The molecule has 1 aliphatic heterocycles. The zero-order valence-corrected chi connectivity index (χ0v) is 17.6. The Morgan fingerprint density at radius 2 is 2.10 bits per heavy atom. The van der Waals surface area contributed by atoms with Gasteiger partial charge in [-0.1, -0.05) is 28.1 Å². The lowest BCUT2D eigenvalue weighted by atomic mass is 10.1. The fourth-order valence-corrected chi connectivity index (χ4v) is 4.02. The van der Waals surface area contributed by atoms with Gasteiger partial charge in [-0.25, -0.2) is 4.98 Å². The van der Waals surface area contributed by atoms with Gasteiger partial charge in [0, 0.05) is 33.2 Å². The van der Waals surface area contributed by atoms with E-state index in [-0.39, 0.29) is 12.6 Å². The molecule has 3 aromatic rings. The molecule has 1 N–H and O–H groups in total. The van der Waals surface area contributed by atoms with Crippen LogP contribution in [0.1, 0.15) is 22.3 Å². The van der Waals surface area contributed by atoms with Crippen molar-refractivity contribution in [2.45, 2.75) is 6.92 Å². The number of ketones is 1. The molecule has 8 heteroatoms. The van der Waals surface area contributed by atoms with Crippen LogP contribution in [0.3, 0.4) is 0 Å². The number of carbonyl (C=O) groups is 1. The highest BCUT2D eigenvalue weighted by molar-refractivity contribution is 9.10. The lowest BCUT2D eigenvalue weighted by Crippen LogP contribution is -2.00. The molecule has 4 rings (SSSR count). The lowest BCUT2D eigenvalue weighted by Gasteiger charge is -2.08. The third-order valence-corrected chi connectivity index (χ3v) is 5.61. The van der Waals surface area contributed by atoms with Gasteiger partial charge >= 0.3 is 0 Å². The molecule has 0 radical (unpaired) electrons. The van der Waals surface area contributed by atoms with E-state index in [2.05, 4.69) is 32.3 Å². The summed E-state index contributed by atoms with van der Waals surface area (Å²) in [6.45, 7) is 1.59. The number of nitrogens with one attached hydrogen (secondary N) is 1. The SMILES string of the molecule is CC(=O)c1cc2c(cc1NC=C(C#N)c1nc(-c3cccc(Br)c3)cs1)OCO2. The molecule has 6 nitrogen and oxygen atoms in total. The Morgan fingerprint density at radius 3 is 2.83 bits per heavy atom. The maximum absolute atomic E-state index is 12.0. The largest absolute Gasteiger partial charge is 0.454 e. The number of aromatic nitrogens is 1. The maximum Gasteiger partial charge on any atom is 0.231 e. The van der Waals surface area contributed by atoms with Crippen LogP contribution in [-0.4, -0.2) is 17.6 Å². The summed E-state index contributed by atoms with van der Waals surface area (Å²) in [6, 6.07) is 13.3. The highest BCUT2D eigenvalue weighted by atomic mass is 79.9. The van der Waals surface area contributed by atoms with Crippen LogP contribution in [-0.2, 0) is 0 Å². The van der Waals surface area contributed by atoms with Crippen molar-refractivity contribution in [2.75, 3.05) is 12.1 Å². The minimum atomic E-state index is -0.121. The first-order valence-corrected chi connectivity index (χ1v) is 10.3. The molecule has 144 valence electrons. The molecule has 0 amide bonds. The number of hydrogen-bond donors (Lipinski definition) is 1. The van der Waals surface area contributed by atoms with Gasteiger partial charge in [-0.3, -0.25) is 4.79 Å². The van der Waals surface area contributed by atoms with E-state index < -0.39 is 0 Å². The van der Waals surface area contributed by atoms with Crippen molar-refractivity contribution in [3.63, 3.8) is 0 Å². The Kier molecular flexibility index (Phi) is 5.34. The number of nitriles is 1. The number of anilines is 1. The van der Waals surface area contributed by atoms with Crippen molar-refractivity contribution >= 4 is 44.3 Å². The fourth-order valence-electron chi connectivity index (χ4n) is 2.82. The van der Waals surface area contributed by atoms with E-state index in [0.717, 1.165) is 15.7 Å². The number of halogens is 1. The topological polar surface area (TPSA) is 84.2 Å². The van der Waals surface area contributed by atoms with Crippen molar-refractivity contribution in [2.24, 2.45) is 0 Å². The summed E-state index contributed by atoms with van der Waals surface area (Å²) in [6.07, 6.45) is 1.55. The molecule has 0 spiro atoms. The number of fused-ring (bicyclic) bond motifs is 1. The molecule has 0 aliphatic carbocycles. The monoisotopic (exact) mass is 467 g/mol. The molecule has 1 aromatic heterocycles. The van der Waals surface area contributed by atoms with Crippen LogP contribution in [0, 0.1) is 11.3 Å². The summed E-state index contributed by atoms with van der Waals surface area (Å²) in [4.78, 5) is 16.6. The second-order valence-corrected chi connectivity index (χ2v) is 7.94. The summed E-state index contributed by atoms with van der Waals surface area (Å²) in [7, 11) is 0. The minimum Gasteiger partial charge on any atom is -0.454 e. The first-order chi connectivity index (χ1) is 14.0. The lowest BCUT2D eigenvalue weighted by molar-refractivity contribution is 0.101. The molecule has 0 atom stereocenters. The molecule has 0 unspecified atom stereocenters. The van der Waals surface area contributed by atoms with Crippen LogP contribution in [0.15, 0.2) is 52.5 Å². The van der Waals surface area contributed by atoms with E-state index in [9.17, 15) is 10.1 Å². The van der Waals surface area contributed by atoms with Gasteiger partial charge in [0.2, 0.25) is 6.79 Å². The van der Waals surface area contributed by atoms with E-state index in [1.807, 2.05) is 29.6 Å². The van der Waals surface area contributed by atoms with Gasteiger partial charge in [0.05, 0.1) is 11.4 Å². The highest BCUT2D eigenvalue weighted by Gasteiger charge is 2.19. The van der Waals surface area contributed by atoms with E-state index in [1.165, 1.54) is 18.3 Å². The van der Waals surface area contributed by atoms with Gasteiger partial charge in [0.15, 0.2) is 17.3 Å². The van der Waals surface area contributed by atoms with Gasteiger partial charge in [0.1, 0.15) is 16.6 Å². The van der Waals surface area contributed by atoms with E-state index >= 15 is 0 Å². The third-order valence-electron chi connectivity index (χ3n) is 4.24. The number of nitrogens with zero attached hydrogens (tertiary/aromatic N) is 2. The van der Waals surface area contributed by atoms with E-state index in [1.54, 1.807) is 18.3 Å². The normalized spacial score (nSPS) is 12.5. The maximum atomic E-state index is 12.0. The minimum absolute atomic E-state index is 0.118. The second kappa shape index (κ2) is 8.07. The Bertz CT molecular complexity index is 1180. The summed E-state index contributed by atoms with van der Waals surface area (Å²) >= 11 is 4.83. The number of allylic oxidation sites excluding steroid dienone is 1. The number of Topliss-reactive ketones (excluding diaryl/α,β-unsaturated/α-hetero) is 1. The predicted molar refractivity (Wildman–Crippen MR) is 115 cm³/mol. The number of carbonyl (C=O) groups excluding carboxylic acids is 1. The summed E-state index contributed by atoms with van der Waals surface area (Å²) in [5, 5.41) is 15.1. The number of ether oxygens (including phenoxy) is 2. The number of benzene rings is 2. The summed E-state index contributed by atoms with van der Waals surface area (Å²) < 4.78 is 11.7. The van der Waals surface area contributed by atoms with Gasteiger partial charge < -0.3 is 14.8 Å². The first-order valence-electron chi connectivity index (χ1n) is 8.58. The van der Waals surface area contributed by atoms with Gasteiger partial charge in [-0.2, -0.15) is 5.26 Å². The van der Waals surface area contributed by atoms with Crippen LogP contribution < -0.4 is 14.8 Å². The Labute approximate surface area is 179 Å². The number of rotatable bonds is 5. The van der Waals surface area contributed by atoms with Gasteiger partial charge in [-0.05, 0) is 25.1 Å². The number of hydrogen-bond acceptors (Lipinski definition) is 7. The molecule has 0 saturated carbocycles. The number of thiazole rings is 1. The molecule has 0 fully saturated rings. The van der Waals surface area contributed by atoms with Crippen molar-refractivity contribution in [3.8, 4) is 28.8 Å². The Balaban J connectivity index is 1.63. The highest BCUT2D eigenvalue weighted by Crippen LogP contribution is 2.37. The standard InChI is InChI=1S/C21H14BrN3O3S/c1-12(26)16-6-19-20(28-11-27-19)7-17(16)24-9-14(8-23)21-25-18(10-29-21)13-3-2-4-15(22)5-13/h2-7,9-10,24H,11H2,1H3. The smallest absolute Gasteiger partial charge is 0.231 e. The van der Waals surface area contributed by atoms with Crippen LogP contribution in [0.5, 0.6) is 11.5 Å². The Hall–Kier alpha value is -3.15. The third kappa shape index (κ3) is 4.01. The molecular weight excluding hydrogens is 454 g/mol. The predicted octanol–water partition coefficient (Wildman–Crippen LogP) is 5.48. The van der Waals surface area contributed by atoms with Crippen LogP contribution in [0.2, 0.25) is 0 Å². The van der Waals surface area contributed by atoms with Crippen molar-refractivity contribution in [3.05, 3.63) is 63.0 Å².